The number of hydrogen-bond acceptors (Lipinski definition) is 0. The average Bonchev–Trinajstić information content (AvgIpc) is 2.78. The number of fused-ring (bicyclic) bond motifs is 1. The van der Waals surface area contributed by atoms with E-state index in [0.717, 1.165) is 32.3 Å². The molecule has 0 aliphatic heterocycles. The lowest BCUT2D eigenvalue weighted by Crippen LogP contribution is -1.85. The Balaban J connectivity index is 2.11. The molecule has 20 heavy (non-hydrogen) atoms. The van der Waals surface area contributed by atoms with Crippen molar-refractivity contribution in [1.82, 2.24) is 0 Å². The van der Waals surface area contributed by atoms with Crippen LogP contribution in [0.25, 0.3) is 17.2 Å². The van der Waals surface area contributed by atoms with Gasteiger partial charge in [0.05, 0.1) is 0 Å². The molecule has 0 spiro atoms. The summed E-state index contributed by atoms with van der Waals surface area (Å²) in [6, 6.07) is 12.7. The number of hydrogen-bond donors (Lipinski definition) is 0. The quantitative estimate of drug-likeness (QED) is 0.636. The molecule has 0 saturated heterocycles. The van der Waals surface area contributed by atoms with Gasteiger partial charge in [-0.15, -0.1) is 6.42 Å². The van der Waals surface area contributed by atoms with Gasteiger partial charge in [-0.1, -0.05) is 40.0 Å². The zero-order chi connectivity index (χ0) is 14.1. The molecule has 3 rings (SSSR count). The standard InChI is InChI=1S/C18H10BrF/c1-2-13-10-14(9-12-3-5-15(19)6-4-12)17-8-7-16(20)11-18(13)17/h1,3-11H. The smallest absolute Gasteiger partial charge is 0.123 e. The van der Waals surface area contributed by atoms with E-state index in [9.17, 15) is 4.39 Å². The Morgan fingerprint density at radius 1 is 1.05 bits per heavy atom. The maximum Gasteiger partial charge on any atom is 0.123 e. The second-order valence-corrected chi connectivity index (χ2v) is 5.46. The van der Waals surface area contributed by atoms with E-state index in [2.05, 4.69) is 21.9 Å². The van der Waals surface area contributed by atoms with Gasteiger partial charge in [-0.05, 0) is 53.1 Å². The highest BCUT2D eigenvalue weighted by Gasteiger charge is 2.17. The summed E-state index contributed by atoms with van der Waals surface area (Å²) in [5.41, 5.74) is 4.57. The third-order valence-corrected chi connectivity index (χ3v) is 3.76. The average molecular weight is 325 g/mol. The van der Waals surface area contributed by atoms with Crippen LogP contribution in [-0.4, -0.2) is 0 Å². The van der Waals surface area contributed by atoms with Crippen LogP contribution in [0.1, 0.15) is 16.7 Å². The van der Waals surface area contributed by atoms with Crippen LogP contribution >= 0.6 is 15.9 Å². The molecule has 0 atom stereocenters. The fraction of sp³-hybridized carbons (Fsp3) is 0. The molecule has 0 unspecified atom stereocenters. The fourth-order valence-electron chi connectivity index (χ4n) is 2.28. The Morgan fingerprint density at radius 3 is 2.50 bits per heavy atom. The number of benzene rings is 2. The summed E-state index contributed by atoms with van der Waals surface area (Å²) in [5.74, 6) is 2.35. The minimum absolute atomic E-state index is 0.269. The summed E-state index contributed by atoms with van der Waals surface area (Å²) >= 11 is 3.41. The zero-order valence-corrected chi connectivity index (χ0v) is 12.1. The predicted molar refractivity (Wildman–Crippen MR) is 85.2 cm³/mol. The number of allylic oxidation sites excluding steroid dienone is 3. The third-order valence-electron chi connectivity index (χ3n) is 3.23. The minimum Gasteiger partial charge on any atom is -0.207 e. The van der Waals surface area contributed by atoms with Gasteiger partial charge in [-0.2, -0.15) is 0 Å². The van der Waals surface area contributed by atoms with Gasteiger partial charge in [0, 0.05) is 15.6 Å². The van der Waals surface area contributed by atoms with Gasteiger partial charge in [-0.3, -0.25) is 0 Å². The topological polar surface area (TPSA) is 0 Å². The van der Waals surface area contributed by atoms with E-state index in [1.54, 1.807) is 6.07 Å². The van der Waals surface area contributed by atoms with E-state index in [-0.39, 0.29) is 5.82 Å². The first-order valence-electron chi connectivity index (χ1n) is 6.13. The van der Waals surface area contributed by atoms with Crippen LogP contribution < -0.4 is 0 Å². The molecule has 1 aliphatic rings. The van der Waals surface area contributed by atoms with Crippen molar-refractivity contribution in [3.05, 3.63) is 75.5 Å². The van der Waals surface area contributed by atoms with Gasteiger partial charge in [-0.25, -0.2) is 4.39 Å². The fourth-order valence-corrected chi connectivity index (χ4v) is 2.54. The molecule has 2 heteroatoms. The normalized spacial score (nSPS) is 14.8. The second kappa shape index (κ2) is 5.11. The zero-order valence-electron chi connectivity index (χ0n) is 10.5. The lowest BCUT2D eigenvalue weighted by Gasteiger charge is -2.02. The Bertz CT molecular complexity index is 774. The molecule has 2 aromatic rings. The molecule has 0 fully saturated rings. The van der Waals surface area contributed by atoms with Crippen LogP contribution in [0.2, 0.25) is 0 Å². The number of halogens is 2. The summed E-state index contributed by atoms with van der Waals surface area (Å²) < 4.78 is 14.4. The SMILES string of the molecule is C#CC1=CC(=Cc2ccc(Br)cc2)c2ccc(F)cc21. The van der Waals surface area contributed by atoms with Crippen LogP contribution in [0.3, 0.4) is 0 Å². The molecule has 0 N–H and O–H groups in total. The molecule has 0 saturated carbocycles. The van der Waals surface area contributed by atoms with Crippen molar-refractivity contribution in [3.8, 4) is 12.3 Å². The maximum atomic E-state index is 13.3. The molecule has 96 valence electrons. The van der Waals surface area contributed by atoms with Crippen LogP contribution in [0.15, 0.2) is 53.0 Å². The summed E-state index contributed by atoms with van der Waals surface area (Å²) in [4.78, 5) is 0. The Labute approximate surface area is 125 Å². The lowest BCUT2D eigenvalue weighted by atomic mass is 10.0. The van der Waals surface area contributed by atoms with E-state index in [1.165, 1.54) is 12.1 Å². The van der Waals surface area contributed by atoms with E-state index in [4.69, 9.17) is 6.42 Å². The van der Waals surface area contributed by atoms with Crippen molar-refractivity contribution in [2.45, 2.75) is 0 Å². The minimum atomic E-state index is -0.269. The van der Waals surface area contributed by atoms with Crippen molar-refractivity contribution in [2.24, 2.45) is 0 Å². The van der Waals surface area contributed by atoms with Gasteiger partial charge in [0.2, 0.25) is 0 Å². The van der Waals surface area contributed by atoms with Crippen LogP contribution in [0.4, 0.5) is 4.39 Å². The molecule has 0 aromatic heterocycles. The van der Waals surface area contributed by atoms with Crippen LogP contribution in [0, 0.1) is 18.2 Å². The molecule has 0 nitrogen and oxygen atoms in total. The van der Waals surface area contributed by atoms with Gasteiger partial charge in [0.25, 0.3) is 0 Å². The Kier molecular flexibility index (Phi) is 3.30. The van der Waals surface area contributed by atoms with Crippen LogP contribution in [-0.2, 0) is 0 Å². The van der Waals surface area contributed by atoms with E-state index in [0.29, 0.717) is 0 Å². The van der Waals surface area contributed by atoms with Crippen molar-refractivity contribution < 1.29 is 4.39 Å². The molecular formula is C18H10BrF. The van der Waals surface area contributed by atoms with Gasteiger partial charge in [0.15, 0.2) is 0 Å². The largest absolute Gasteiger partial charge is 0.207 e. The Hall–Kier alpha value is -2.11. The summed E-state index contributed by atoms with van der Waals surface area (Å²) in [6.45, 7) is 0. The highest BCUT2D eigenvalue weighted by molar-refractivity contribution is 9.10. The summed E-state index contributed by atoms with van der Waals surface area (Å²) in [6.07, 6.45) is 9.47. The van der Waals surface area contributed by atoms with Crippen molar-refractivity contribution in [1.29, 1.82) is 0 Å². The predicted octanol–water partition coefficient (Wildman–Crippen LogP) is 5.16. The molecule has 0 radical (unpaired) electrons. The number of terminal acetylenes is 1. The first-order chi connectivity index (χ1) is 9.67. The first kappa shape index (κ1) is 12.9. The van der Waals surface area contributed by atoms with Crippen molar-refractivity contribution >= 4 is 33.2 Å². The van der Waals surface area contributed by atoms with Crippen molar-refractivity contribution in [2.75, 3.05) is 0 Å². The summed E-state index contributed by atoms with van der Waals surface area (Å²) in [5, 5.41) is 0. The summed E-state index contributed by atoms with van der Waals surface area (Å²) in [7, 11) is 0. The monoisotopic (exact) mass is 324 g/mol. The van der Waals surface area contributed by atoms with Crippen LogP contribution in [0.5, 0.6) is 0 Å². The van der Waals surface area contributed by atoms with Gasteiger partial charge in [0.1, 0.15) is 5.82 Å². The first-order valence-corrected chi connectivity index (χ1v) is 6.92. The Morgan fingerprint density at radius 2 is 1.80 bits per heavy atom. The van der Waals surface area contributed by atoms with E-state index < -0.39 is 0 Å². The highest BCUT2D eigenvalue weighted by Crippen LogP contribution is 2.36. The number of rotatable bonds is 1. The second-order valence-electron chi connectivity index (χ2n) is 4.54. The highest BCUT2D eigenvalue weighted by atomic mass is 79.9. The molecular weight excluding hydrogens is 315 g/mol. The van der Waals surface area contributed by atoms with E-state index in [1.807, 2.05) is 36.4 Å². The molecule has 1 aliphatic carbocycles. The molecule has 0 bridgehead atoms. The third kappa shape index (κ3) is 2.33. The van der Waals surface area contributed by atoms with Gasteiger partial charge >= 0.3 is 0 Å². The molecule has 0 amide bonds. The molecule has 2 aromatic carbocycles. The lowest BCUT2D eigenvalue weighted by molar-refractivity contribution is 0.627. The molecule has 0 heterocycles. The van der Waals surface area contributed by atoms with E-state index >= 15 is 0 Å². The maximum absolute atomic E-state index is 13.3. The van der Waals surface area contributed by atoms with Gasteiger partial charge < -0.3 is 0 Å². The van der Waals surface area contributed by atoms with Crippen molar-refractivity contribution in [3.63, 3.8) is 0 Å².